The standard InChI is InChI=1S/C42H24N4O6/c47-35(51-25-7-3-1-4-8-25)21-23-11-17-33-31(19-23)43-39-27-13-15-30-38-28(14-16-29(37(27)38)41(49)45(33)39)40-44-32-20-24(12-18-34(32)46(40)42(30)50)22-36(48)52-26-9-5-2-6-10-26/h1-20H,21-22H2. The fourth-order valence-corrected chi connectivity index (χ4v) is 7.36. The molecule has 0 saturated carbocycles. The van der Waals surface area contributed by atoms with Gasteiger partial charge in [-0.1, -0.05) is 48.5 Å². The van der Waals surface area contributed by atoms with E-state index in [0.29, 0.717) is 88.3 Å². The van der Waals surface area contributed by atoms with E-state index in [4.69, 9.17) is 19.4 Å². The number of ether oxygens (including phenoxy) is 2. The zero-order valence-electron chi connectivity index (χ0n) is 27.2. The average Bonchev–Trinajstić information content (AvgIpc) is 3.73. The number of fused-ring (bicyclic) bond motifs is 8. The number of carbonyl (C=O) groups is 2. The van der Waals surface area contributed by atoms with E-state index in [1.165, 1.54) is 0 Å². The molecule has 0 aliphatic carbocycles. The summed E-state index contributed by atoms with van der Waals surface area (Å²) in [7, 11) is 0. The van der Waals surface area contributed by atoms with Crippen molar-refractivity contribution in [1.82, 2.24) is 18.8 Å². The van der Waals surface area contributed by atoms with E-state index in [0.717, 1.165) is 0 Å². The van der Waals surface area contributed by atoms with Gasteiger partial charge < -0.3 is 9.47 Å². The van der Waals surface area contributed by atoms with Gasteiger partial charge in [0.2, 0.25) is 0 Å². The second kappa shape index (κ2) is 11.2. The van der Waals surface area contributed by atoms with Crippen LogP contribution in [0.15, 0.2) is 131 Å². The third-order valence-corrected chi connectivity index (χ3v) is 9.59. The lowest BCUT2D eigenvalue weighted by atomic mass is 9.96. The van der Waals surface area contributed by atoms with Crippen molar-refractivity contribution in [1.29, 1.82) is 0 Å². The Bertz CT molecular complexity index is 2990. The molecule has 0 fully saturated rings. The Morgan fingerprint density at radius 2 is 0.904 bits per heavy atom. The summed E-state index contributed by atoms with van der Waals surface area (Å²) < 4.78 is 14.1. The van der Waals surface area contributed by atoms with Gasteiger partial charge in [0.05, 0.1) is 34.9 Å². The van der Waals surface area contributed by atoms with Crippen molar-refractivity contribution in [3.63, 3.8) is 0 Å². The molecule has 0 radical (unpaired) electrons. The summed E-state index contributed by atoms with van der Waals surface area (Å²) in [5.74, 6) is 0.119. The van der Waals surface area contributed by atoms with Crippen LogP contribution in [-0.2, 0) is 22.4 Å². The smallest absolute Gasteiger partial charge is 0.315 e. The van der Waals surface area contributed by atoms with E-state index in [1.807, 2.05) is 24.3 Å². The molecule has 0 unspecified atom stereocenters. The minimum Gasteiger partial charge on any atom is -0.426 e. The van der Waals surface area contributed by atoms with Crippen molar-refractivity contribution >= 4 is 77.6 Å². The van der Waals surface area contributed by atoms with E-state index < -0.39 is 11.9 Å². The minimum atomic E-state index is -0.408. The number of rotatable bonds is 6. The topological polar surface area (TPSA) is 121 Å². The van der Waals surface area contributed by atoms with Crippen LogP contribution in [0.1, 0.15) is 11.1 Å². The van der Waals surface area contributed by atoms with Gasteiger partial charge in [0, 0.05) is 32.3 Å². The normalized spacial score (nSPS) is 11.9. The highest BCUT2D eigenvalue weighted by Crippen LogP contribution is 2.37. The molecule has 0 aliphatic rings. The maximum absolute atomic E-state index is 14.2. The van der Waals surface area contributed by atoms with Crippen LogP contribution in [-0.4, -0.2) is 30.7 Å². The van der Waals surface area contributed by atoms with Crippen LogP contribution in [0, 0.1) is 0 Å². The van der Waals surface area contributed by atoms with Crippen LogP contribution in [0.3, 0.4) is 0 Å². The maximum atomic E-state index is 14.2. The van der Waals surface area contributed by atoms with Gasteiger partial charge >= 0.3 is 11.9 Å². The second-order valence-corrected chi connectivity index (χ2v) is 12.8. The number of para-hydroxylation sites is 2. The molecular weight excluding hydrogens is 656 g/mol. The molecule has 0 amide bonds. The van der Waals surface area contributed by atoms with Gasteiger partial charge in [-0.25, -0.2) is 9.97 Å². The predicted molar refractivity (Wildman–Crippen MR) is 198 cm³/mol. The first kappa shape index (κ1) is 29.7. The Labute approximate surface area is 292 Å². The van der Waals surface area contributed by atoms with E-state index in [2.05, 4.69) is 0 Å². The highest BCUT2D eigenvalue weighted by Gasteiger charge is 2.23. The number of aromatic nitrogens is 4. The SMILES string of the molecule is O=C(Cc1ccc2c(c1)nc1c3ccc4c(=O)n5c6ccc(CC(=O)Oc7ccccc7)cc6nc5c5ccc(c(=O)n21)c3c45)Oc1ccccc1. The van der Waals surface area contributed by atoms with E-state index in [-0.39, 0.29) is 24.0 Å². The van der Waals surface area contributed by atoms with E-state index in [1.54, 1.807) is 106 Å². The Balaban J connectivity index is 1.09. The quantitative estimate of drug-likeness (QED) is 0.109. The molecule has 0 saturated heterocycles. The zero-order valence-corrected chi connectivity index (χ0v) is 27.2. The van der Waals surface area contributed by atoms with Crippen LogP contribution in [0.2, 0.25) is 0 Å². The fraction of sp³-hybridized carbons (Fsp3) is 0.0476. The van der Waals surface area contributed by atoms with E-state index >= 15 is 0 Å². The summed E-state index contributed by atoms with van der Waals surface area (Å²) in [6, 6.07) is 35.8. The molecule has 6 aromatic carbocycles. The van der Waals surface area contributed by atoms with Gasteiger partial charge in [-0.2, -0.15) is 0 Å². The third-order valence-electron chi connectivity index (χ3n) is 9.59. The fourth-order valence-electron chi connectivity index (χ4n) is 7.36. The number of nitrogens with zero attached hydrogens (tertiary/aromatic N) is 4. The molecule has 0 N–H and O–H groups in total. The van der Waals surface area contributed by atoms with Crippen molar-refractivity contribution in [3.05, 3.63) is 153 Å². The van der Waals surface area contributed by atoms with Gasteiger partial charge in [0.15, 0.2) is 0 Å². The number of benzene rings is 6. The van der Waals surface area contributed by atoms with Crippen molar-refractivity contribution in [3.8, 4) is 11.5 Å². The van der Waals surface area contributed by atoms with Gasteiger partial charge in [0.1, 0.15) is 22.8 Å². The third kappa shape index (κ3) is 4.51. The van der Waals surface area contributed by atoms with Crippen molar-refractivity contribution in [2.24, 2.45) is 0 Å². The molecule has 10 rings (SSSR count). The second-order valence-electron chi connectivity index (χ2n) is 12.8. The Morgan fingerprint density at radius 3 is 1.33 bits per heavy atom. The van der Waals surface area contributed by atoms with Crippen LogP contribution >= 0.6 is 0 Å². The van der Waals surface area contributed by atoms with Crippen LogP contribution in [0.4, 0.5) is 0 Å². The summed E-state index contributed by atoms with van der Waals surface area (Å²) in [5, 5.41) is 3.63. The molecule has 248 valence electrons. The molecule has 10 aromatic rings. The zero-order chi connectivity index (χ0) is 35.1. The highest BCUT2D eigenvalue weighted by atomic mass is 16.5. The van der Waals surface area contributed by atoms with Gasteiger partial charge in [-0.15, -0.1) is 0 Å². The molecule has 0 aliphatic heterocycles. The molecule has 4 aromatic heterocycles. The van der Waals surface area contributed by atoms with Gasteiger partial charge in [-0.05, 0) is 83.9 Å². The van der Waals surface area contributed by atoms with Gasteiger partial charge in [0.25, 0.3) is 11.1 Å². The van der Waals surface area contributed by atoms with Crippen LogP contribution in [0.25, 0.3) is 65.7 Å². The lowest BCUT2D eigenvalue weighted by Gasteiger charge is -2.12. The molecule has 0 bridgehead atoms. The molecule has 0 atom stereocenters. The minimum absolute atomic E-state index is 0.0336. The van der Waals surface area contributed by atoms with E-state index in [9.17, 15) is 19.2 Å². The number of hydrogen-bond donors (Lipinski definition) is 0. The number of carbonyl (C=O) groups excluding carboxylic acids is 2. The maximum Gasteiger partial charge on any atom is 0.315 e. The summed E-state index contributed by atoms with van der Waals surface area (Å²) in [6.45, 7) is 0. The van der Waals surface area contributed by atoms with Crippen molar-refractivity contribution in [2.75, 3.05) is 0 Å². The molecule has 0 spiro atoms. The average molecular weight is 681 g/mol. The van der Waals surface area contributed by atoms with Crippen molar-refractivity contribution < 1.29 is 19.1 Å². The number of esters is 2. The first-order chi connectivity index (χ1) is 25.4. The number of hydrogen-bond acceptors (Lipinski definition) is 8. The Hall–Kier alpha value is -7.20. The largest absolute Gasteiger partial charge is 0.426 e. The Morgan fingerprint density at radius 1 is 0.500 bits per heavy atom. The lowest BCUT2D eigenvalue weighted by molar-refractivity contribution is -0.134. The molecule has 52 heavy (non-hydrogen) atoms. The summed E-state index contributed by atoms with van der Waals surface area (Å²) in [5.41, 5.74) is 4.14. The first-order valence-electron chi connectivity index (χ1n) is 16.7. The number of imidazole rings is 2. The first-order valence-corrected chi connectivity index (χ1v) is 16.7. The van der Waals surface area contributed by atoms with Crippen LogP contribution in [0.5, 0.6) is 11.5 Å². The molecular formula is C42H24N4O6. The summed E-state index contributed by atoms with van der Waals surface area (Å²) >= 11 is 0. The molecule has 10 heteroatoms. The molecule has 10 nitrogen and oxygen atoms in total. The number of pyridine rings is 2. The lowest BCUT2D eigenvalue weighted by Crippen LogP contribution is -2.16. The Kier molecular flexibility index (Phi) is 6.37. The predicted octanol–water partition coefficient (Wildman–Crippen LogP) is 6.64. The van der Waals surface area contributed by atoms with Crippen LogP contribution < -0.4 is 20.6 Å². The summed E-state index contributed by atoms with van der Waals surface area (Å²) in [6.07, 6.45) is 0.0672. The van der Waals surface area contributed by atoms with Gasteiger partial charge in [-0.3, -0.25) is 28.0 Å². The van der Waals surface area contributed by atoms with Crippen molar-refractivity contribution in [2.45, 2.75) is 12.8 Å². The monoisotopic (exact) mass is 680 g/mol. The highest BCUT2D eigenvalue weighted by molar-refractivity contribution is 6.27. The summed E-state index contributed by atoms with van der Waals surface area (Å²) in [4.78, 5) is 63.5. The molecule has 4 heterocycles.